The summed E-state index contributed by atoms with van der Waals surface area (Å²) in [6.45, 7) is -0.0580. The third-order valence-corrected chi connectivity index (χ3v) is 6.64. The number of fused-ring (bicyclic) bond motifs is 1. The lowest BCUT2D eigenvalue weighted by molar-refractivity contribution is -0.140. The molecule has 0 spiro atoms. The van der Waals surface area contributed by atoms with E-state index < -0.39 is 24.9 Å². The van der Waals surface area contributed by atoms with Gasteiger partial charge in [-0.3, -0.25) is 4.79 Å². The number of halogens is 4. The SMILES string of the molecule is CNC(=O)c1ccc(NCC#Cc2cc3c(N[C@H]4CCN(C)C[C@@H]4F)cccc3n2CC(F)(F)F)c(OC)c1. The Morgan fingerprint density at radius 1 is 1.18 bits per heavy atom. The maximum Gasteiger partial charge on any atom is 0.406 e. The molecule has 1 aliphatic rings. The minimum Gasteiger partial charge on any atom is -0.495 e. The van der Waals surface area contributed by atoms with E-state index >= 15 is 0 Å². The highest BCUT2D eigenvalue weighted by Gasteiger charge is 2.31. The maximum absolute atomic E-state index is 14.7. The maximum atomic E-state index is 14.7. The average Bonchev–Trinajstić information content (AvgIpc) is 3.24. The molecular formula is C28H31F4N5O2. The van der Waals surface area contributed by atoms with E-state index in [9.17, 15) is 22.4 Å². The van der Waals surface area contributed by atoms with Crippen molar-refractivity contribution in [3.63, 3.8) is 0 Å². The molecule has 1 amide bonds. The van der Waals surface area contributed by atoms with Gasteiger partial charge in [-0.2, -0.15) is 13.2 Å². The van der Waals surface area contributed by atoms with Crippen LogP contribution < -0.4 is 20.7 Å². The Labute approximate surface area is 224 Å². The summed E-state index contributed by atoms with van der Waals surface area (Å²) in [6.07, 6.45) is -4.96. The monoisotopic (exact) mass is 545 g/mol. The first-order valence-electron chi connectivity index (χ1n) is 12.5. The zero-order valence-electron chi connectivity index (χ0n) is 22.0. The van der Waals surface area contributed by atoms with Crippen LogP contribution in [0.25, 0.3) is 10.9 Å². The molecule has 0 unspecified atom stereocenters. The number of aromatic nitrogens is 1. The fourth-order valence-electron chi connectivity index (χ4n) is 4.68. The van der Waals surface area contributed by atoms with Crippen molar-refractivity contribution in [2.24, 2.45) is 0 Å². The molecule has 1 fully saturated rings. The molecule has 208 valence electrons. The number of carbonyl (C=O) groups excluding carboxylic acids is 1. The Kier molecular flexibility index (Phi) is 8.55. The third-order valence-electron chi connectivity index (χ3n) is 6.64. The summed E-state index contributed by atoms with van der Waals surface area (Å²) < 4.78 is 61.6. The van der Waals surface area contributed by atoms with E-state index in [1.807, 2.05) is 11.9 Å². The number of benzene rings is 2. The van der Waals surface area contributed by atoms with Crippen LogP contribution in [0.3, 0.4) is 0 Å². The van der Waals surface area contributed by atoms with Crippen LogP contribution in [-0.4, -0.2) is 74.6 Å². The highest BCUT2D eigenvalue weighted by atomic mass is 19.4. The number of amides is 1. The second-order valence-electron chi connectivity index (χ2n) is 9.44. The molecule has 4 rings (SSSR count). The van der Waals surface area contributed by atoms with Crippen LogP contribution in [0.5, 0.6) is 5.75 Å². The fraction of sp³-hybridized carbons (Fsp3) is 0.393. The van der Waals surface area contributed by atoms with Gasteiger partial charge in [-0.1, -0.05) is 12.0 Å². The summed E-state index contributed by atoms with van der Waals surface area (Å²) in [6, 6.07) is 11.1. The van der Waals surface area contributed by atoms with Crippen LogP contribution in [0.15, 0.2) is 42.5 Å². The van der Waals surface area contributed by atoms with Crippen molar-refractivity contribution in [1.29, 1.82) is 0 Å². The van der Waals surface area contributed by atoms with E-state index in [0.717, 1.165) is 11.1 Å². The van der Waals surface area contributed by atoms with Crippen molar-refractivity contribution in [2.45, 2.75) is 31.4 Å². The van der Waals surface area contributed by atoms with Crippen molar-refractivity contribution in [3.8, 4) is 17.6 Å². The first-order valence-corrected chi connectivity index (χ1v) is 12.5. The number of hydrogen-bond donors (Lipinski definition) is 3. The number of alkyl halides is 4. The van der Waals surface area contributed by atoms with Gasteiger partial charge in [0.15, 0.2) is 0 Å². The number of rotatable bonds is 7. The zero-order chi connectivity index (χ0) is 28.2. The molecule has 2 heterocycles. The van der Waals surface area contributed by atoms with Gasteiger partial charge < -0.3 is 30.2 Å². The summed E-state index contributed by atoms with van der Waals surface area (Å²) in [4.78, 5) is 13.8. The van der Waals surface area contributed by atoms with E-state index in [2.05, 4.69) is 27.8 Å². The molecule has 0 saturated carbocycles. The van der Waals surface area contributed by atoms with Gasteiger partial charge in [0.25, 0.3) is 5.91 Å². The van der Waals surface area contributed by atoms with E-state index in [-0.39, 0.29) is 18.1 Å². The minimum absolute atomic E-state index is 0.119. The number of nitrogens with zero attached hydrogens (tertiary/aromatic N) is 2. The third kappa shape index (κ3) is 6.75. The minimum atomic E-state index is -4.46. The van der Waals surface area contributed by atoms with Gasteiger partial charge in [0.05, 0.1) is 36.6 Å². The molecule has 1 aliphatic heterocycles. The molecule has 3 aromatic rings. The predicted molar refractivity (Wildman–Crippen MR) is 144 cm³/mol. The Balaban J connectivity index is 1.59. The van der Waals surface area contributed by atoms with E-state index in [4.69, 9.17) is 4.74 Å². The summed E-state index contributed by atoms with van der Waals surface area (Å²) >= 11 is 0. The van der Waals surface area contributed by atoms with Gasteiger partial charge in [0.2, 0.25) is 0 Å². The number of piperidine rings is 1. The van der Waals surface area contributed by atoms with Gasteiger partial charge in [-0.15, -0.1) is 0 Å². The molecule has 11 heteroatoms. The van der Waals surface area contributed by atoms with Crippen LogP contribution in [0.4, 0.5) is 28.9 Å². The quantitative estimate of drug-likeness (QED) is 0.302. The lowest BCUT2D eigenvalue weighted by Gasteiger charge is -2.33. The van der Waals surface area contributed by atoms with Crippen molar-refractivity contribution >= 4 is 28.2 Å². The highest BCUT2D eigenvalue weighted by Crippen LogP contribution is 2.32. The normalized spacial score (nSPS) is 17.8. The zero-order valence-corrected chi connectivity index (χ0v) is 22.0. The molecule has 0 radical (unpaired) electrons. The van der Waals surface area contributed by atoms with Crippen LogP contribution in [0.1, 0.15) is 22.5 Å². The number of anilines is 2. The molecule has 0 bridgehead atoms. The van der Waals surface area contributed by atoms with Crippen molar-refractivity contribution in [2.75, 3.05) is 51.5 Å². The Morgan fingerprint density at radius 2 is 1.97 bits per heavy atom. The van der Waals surface area contributed by atoms with Crippen LogP contribution in [-0.2, 0) is 6.54 Å². The summed E-state index contributed by atoms with van der Waals surface area (Å²) in [7, 11) is 4.86. The summed E-state index contributed by atoms with van der Waals surface area (Å²) in [5.74, 6) is 5.90. The molecule has 39 heavy (non-hydrogen) atoms. The van der Waals surface area contributed by atoms with Crippen molar-refractivity contribution in [1.82, 2.24) is 14.8 Å². The van der Waals surface area contributed by atoms with Crippen LogP contribution >= 0.6 is 0 Å². The number of ether oxygens (including phenoxy) is 1. The molecule has 2 atom stereocenters. The van der Waals surface area contributed by atoms with Crippen molar-refractivity contribution in [3.05, 3.63) is 53.7 Å². The molecule has 0 aliphatic carbocycles. The number of nitrogens with one attached hydrogen (secondary N) is 3. The van der Waals surface area contributed by atoms with Gasteiger partial charge in [-0.25, -0.2) is 4.39 Å². The first kappa shape index (κ1) is 28.1. The second kappa shape index (κ2) is 11.9. The molecular weight excluding hydrogens is 514 g/mol. The Bertz CT molecular complexity index is 1390. The number of carbonyl (C=O) groups is 1. The summed E-state index contributed by atoms with van der Waals surface area (Å²) in [5, 5.41) is 9.38. The van der Waals surface area contributed by atoms with E-state index in [0.29, 0.717) is 46.6 Å². The van der Waals surface area contributed by atoms with Gasteiger partial charge in [0.1, 0.15) is 18.5 Å². The largest absolute Gasteiger partial charge is 0.495 e. The van der Waals surface area contributed by atoms with Crippen LogP contribution in [0, 0.1) is 11.8 Å². The molecule has 2 aromatic carbocycles. The van der Waals surface area contributed by atoms with Gasteiger partial charge >= 0.3 is 6.18 Å². The van der Waals surface area contributed by atoms with Gasteiger partial charge in [0, 0.05) is 36.8 Å². The first-order chi connectivity index (χ1) is 18.6. The van der Waals surface area contributed by atoms with Crippen LogP contribution in [0.2, 0.25) is 0 Å². The summed E-state index contributed by atoms with van der Waals surface area (Å²) in [5.41, 5.74) is 2.14. The topological polar surface area (TPSA) is 70.6 Å². The predicted octanol–water partition coefficient (Wildman–Crippen LogP) is 4.49. The number of methoxy groups -OCH3 is 1. The van der Waals surface area contributed by atoms with Gasteiger partial charge in [-0.05, 0) is 55.8 Å². The fourth-order valence-corrected chi connectivity index (χ4v) is 4.68. The highest BCUT2D eigenvalue weighted by molar-refractivity contribution is 5.95. The average molecular weight is 546 g/mol. The second-order valence-corrected chi connectivity index (χ2v) is 9.44. The lowest BCUT2D eigenvalue weighted by atomic mass is 10.0. The van der Waals surface area contributed by atoms with Crippen molar-refractivity contribution < 1.29 is 27.1 Å². The molecule has 7 nitrogen and oxygen atoms in total. The smallest absolute Gasteiger partial charge is 0.406 e. The Hall–Kier alpha value is -3.91. The number of likely N-dealkylation sites (tertiary alicyclic amines) is 1. The molecule has 1 saturated heterocycles. The number of hydrogen-bond acceptors (Lipinski definition) is 5. The van der Waals surface area contributed by atoms with E-state index in [1.54, 1.807) is 42.5 Å². The lowest BCUT2D eigenvalue weighted by Crippen LogP contribution is -2.46. The van der Waals surface area contributed by atoms with E-state index in [1.165, 1.54) is 14.2 Å². The standard InChI is InChI=1S/C28H31F4N5O2/c1-33-27(38)18-9-10-24(26(14-18)39-3)34-12-5-6-19-15-20-22(35-23-11-13-36(2)16-21(23)29)7-4-8-25(20)37(19)17-28(30,31)32/h4,7-10,14-15,21,23,34-35H,11-13,16-17H2,1-3H3,(H,33,38)/t21-,23-/m0/s1. The molecule has 1 aromatic heterocycles. The molecule has 3 N–H and O–H groups in total. The Morgan fingerprint density at radius 3 is 2.67 bits per heavy atom.